The van der Waals surface area contributed by atoms with Gasteiger partial charge < -0.3 is 4.74 Å². The van der Waals surface area contributed by atoms with E-state index in [1.807, 2.05) is 0 Å². The Morgan fingerprint density at radius 2 is 1.78 bits per heavy atom. The number of rotatable bonds is 6. The number of hydrogen-bond donors (Lipinski definition) is 0. The van der Waals surface area contributed by atoms with Crippen molar-refractivity contribution in [2.75, 3.05) is 0 Å². The van der Waals surface area contributed by atoms with Crippen molar-refractivity contribution in [3.63, 3.8) is 0 Å². The summed E-state index contributed by atoms with van der Waals surface area (Å²) >= 11 is 12.9. The van der Waals surface area contributed by atoms with Gasteiger partial charge in [0.2, 0.25) is 0 Å². The Labute approximate surface area is 198 Å². The molecule has 0 unspecified atom stereocenters. The van der Waals surface area contributed by atoms with E-state index in [9.17, 15) is 14.0 Å². The SMILES string of the molecule is O=C1S/C(=C/c2cccc(OCc3ccc(Cl)cc3Cl)c2)C(=O)N1Cc1ccccc1F. The molecule has 1 fully saturated rings. The first-order chi connectivity index (χ1) is 15.4. The van der Waals surface area contributed by atoms with E-state index < -0.39 is 17.0 Å². The van der Waals surface area contributed by atoms with Crippen LogP contribution in [-0.4, -0.2) is 16.0 Å². The van der Waals surface area contributed by atoms with Gasteiger partial charge in [0.15, 0.2) is 0 Å². The summed E-state index contributed by atoms with van der Waals surface area (Å²) in [6.45, 7) is 0.137. The lowest BCUT2D eigenvalue weighted by Gasteiger charge is -2.12. The highest BCUT2D eigenvalue weighted by Gasteiger charge is 2.35. The molecule has 0 saturated carbocycles. The fourth-order valence-electron chi connectivity index (χ4n) is 3.08. The van der Waals surface area contributed by atoms with Crippen molar-refractivity contribution in [1.82, 2.24) is 4.90 Å². The summed E-state index contributed by atoms with van der Waals surface area (Å²) in [5, 5.41) is 0.621. The Bertz CT molecular complexity index is 1230. The van der Waals surface area contributed by atoms with Gasteiger partial charge in [0, 0.05) is 21.2 Å². The number of benzene rings is 3. The van der Waals surface area contributed by atoms with Crippen LogP contribution >= 0.6 is 35.0 Å². The predicted octanol–water partition coefficient (Wildman–Crippen LogP) is 6.95. The third kappa shape index (κ3) is 5.15. The second kappa shape index (κ2) is 9.77. The van der Waals surface area contributed by atoms with Gasteiger partial charge >= 0.3 is 0 Å². The Balaban J connectivity index is 1.47. The second-order valence-corrected chi connectivity index (χ2v) is 8.79. The first kappa shape index (κ1) is 22.4. The average Bonchev–Trinajstić information content (AvgIpc) is 3.02. The van der Waals surface area contributed by atoms with E-state index in [2.05, 4.69) is 0 Å². The van der Waals surface area contributed by atoms with Crippen molar-refractivity contribution in [3.8, 4) is 5.75 Å². The van der Waals surface area contributed by atoms with Crippen LogP contribution in [0.5, 0.6) is 5.75 Å². The predicted molar refractivity (Wildman–Crippen MR) is 125 cm³/mol. The molecule has 32 heavy (non-hydrogen) atoms. The van der Waals surface area contributed by atoms with Crippen molar-refractivity contribution in [1.29, 1.82) is 0 Å². The molecule has 0 bridgehead atoms. The number of halogens is 3. The molecule has 0 radical (unpaired) electrons. The number of nitrogens with zero attached hydrogens (tertiary/aromatic N) is 1. The topological polar surface area (TPSA) is 46.6 Å². The standard InChI is InChI=1S/C24H16Cl2FNO3S/c25-18-9-8-17(20(26)12-18)14-31-19-6-3-4-15(10-19)11-22-23(29)28(24(30)32-22)13-16-5-1-2-7-21(16)27/h1-12H,13-14H2/b22-11+. The molecule has 1 aliphatic heterocycles. The summed E-state index contributed by atoms with van der Waals surface area (Å²) in [7, 11) is 0. The molecule has 3 aromatic carbocycles. The molecular formula is C24H16Cl2FNO3S. The normalized spacial score (nSPS) is 15.0. The van der Waals surface area contributed by atoms with Gasteiger partial charge in [0.1, 0.15) is 18.2 Å². The van der Waals surface area contributed by atoms with Crippen LogP contribution in [-0.2, 0) is 17.9 Å². The number of hydrogen-bond acceptors (Lipinski definition) is 4. The van der Waals surface area contributed by atoms with Gasteiger partial charge in [-0.15, -0.1) is 0 Å². The minimum atomic E-state index is -0.457. The zero-order valence-electron chi connectivity index (χ0n) is 16.6. The van der Waals surface area contributed by atoms with E-state index in [0.29, 0.717) is 21.4 Å². The molecule has 0 N–H and O–H groups in total. The van der Waals surface area contributed by atoms with E-state index in [-0.39, 0.29) is 23.6 Å². The first-order valence-corrected chi connectivity index (χ1v) is 11.1. The van der Waals surface area contributed by atoms with Crippen molar-refractivity contribution >= 4 is 52.2 Å². The number of carbonyl (C=O) groups excluding carboxylic acids is 2. The fraction of sp³-hybridized carbons (Fsp3) is 0.0833. The van der Waals surface area contributed by atoms with Crippen LogP contribution in [0.1, 0.15) is 16.7 Å². The fourth-order valence-corrected chi connectivity index (χ4v) is 4.38. The van der Waals surface area contributed by atoms with Gasteiger partial charge in [0.05, 0.1) is 11.4 Å². The first-order valence-electron chi connectivity index (χ1n) is 9.56. The lowest BCUT2D eigenvalue weighted by atomic mass is 10.2. The molecule has 162 valence electrons. The molecule has 0 aliphatic carbocycles. The van der Waals surface area contributed by atoms with Gasteiger partial charge in [-0.05, 0) is 53.7 Å². The van der Waals surface area contributed by atoms with Crippen molar-refractivity contribution in [2.24, 2.45) is 0 Å². The zero-order chi connectivity index (χ0) is 22.7. The van der Waals surface area contributed by atoms with Gasteiger partial charge in [-0.1, -0.05) is 59.6 Å². The van der Waals surface area contributed by atoms with Crippen LogP contribution in [0.4, 0.5) is 9.18 Å². The number of thioether (sulfide) groups is 1. The van der Waals surface area contributed by atoms with Crippen molar-refractivity contribution < 1.29 is 18.7 Å². The molecule has 4 rings (SSSR count). The smallest absolute Gasteiger partial charge is 0.293 e. The van der Waals surface area contributed by atoms with Crippen LogP contribution in [0.15, 0.2) is 71.6 Å². The van der Waals surface area contributed by atoms with Gasteiger partial charge in [-0.2, -0.15) is 0 Å². The number of carbonyl (C=O) groups is 2. The second-order valence-electron chi connectivity index (χ2n) is 6.96. The van der Waals surface area contributed by atoms with Gasteiger partial charge in [-0.25, -0.2) is 4.39 Å². The maximum Gasteiger partial charge on any atom is 0.293 e. The summed E-state index contributed by atoms with van der Waals surface area (Å²) in [5.74, 6) is -0.334. The van der Waals surface area contributed by atoms with Gasteiger partial charge in [-0.3, -0.25) is 14.5 Å². The maximum absolute atomic E-state index is 13.9. The number of ether oxygens (including phenoxy) is 1. The molecule has 2 amide bonds. The third-order valence-corrected chi connectivity index (χ3v) is 6.22. The minimum Gasteiger partial charge on any atom is -0.489 e. The van der Waals surface area contributed by atoms with E-state index in [4.69, 9.17) is 27.9 Å². The Morgan fingerprint density at radius 3 is 2.56 bits per heavy atom. The van der Waals surface area contributed by atoms with Crippen molar-refractivity contribution in [3.05, 3.63) is 104 Å². The van der Waals surface area contributed by atoms with Crippen LogP contribution in [0.3, 0.4) is 0 Å². The van der Waals surface area contributed by atoms with E-state index in [1.54, 1.807) is 66.7 Å². The van der Waals surface area contributed by atoms with Crippen LogP contribution in [0.25, 0.3) is 6.08 Å². The summed E-state index contributed by atoms with van der Waals surface area (Å²) in [6.07, 6.45) is 1.62. The molecular weight excluding hydrogens is 472 g/mol. The monoisotopic (exact) mass is 487 g/mol. The van der Waals surface area contributed by atoms with Crippen LogP contribution in [0, 0.1) is 5.82 Å². The van der Waals surface area contributed by atoms with E-state index in [0.717, 1.165) is 22.2 Å². The molecule has 1 heterocycles. The van der Waals surface area contributed by atoms with Crippen LogP contribution < -0.4 is 4.74 Å². The highest BCUT2D eigenvalue weighted by atomic mass is 35.5. The number of imide groups is 1. The van der Waals surface area contributed by atoms with Gasteiger partial charge in [0.25, 0.3) is 11.1 Å². The highest BCUT2D eigenvalue weighted by Crippen LogP contribution is 2.34. The summed E-state index contributed by atoms with van der Waals surface area (Å²) in [4.78, 5) is 26.4. The molecule has 0 spiro atoms. The largest absolute Gasteiger partial charge is 0.489 e. The molecule has 0 atom stereocenters. The summed E-state index contributed by atoms with van der Waals surface area (Å²) < 4.78 is 19.7. The highest BCUT2D eigenvalue weighted by molar-refractivity contribution is 8.18. The summed E-state index contributed by atoms with van der Waals surface area (Å²) in [5.41, 5.74) is 1.77. The minimum absolute atomic E-state index is 0.111. The summed E-state index contributed by atoms with van der Waals surface area (Å²) in [6, 6.07) is 18.4. The molecule has 0 aromatic heterocycles. The maximum atomic E-state index is 13.9. The Hall–Kier alpha value is -2.80. The number of amides is 2. The third-order valence-electron chi connectivity index (χ3n) is 4.73. The molecule has 8 heteroatoms. The Kier molecular flexibility index (Phi) is 6.84. The Morgan fingerprint density at radius 1 is 0.969 bits per heavy atom. The zero-order valence-corrected chi connectivity index (χ0v) is 18.9. The van der Waals surface area contributed by atoms with E-state index >= 15 is 0 Å². The molecule has 1 saturated heterocycles. The average molecular weight is 488 g/mol. The molecule has 3 aromatic rings. The van der Waals surface area contributed by atoms with Crippen molar-refractivity contribution in [2.45, 2.75) is 13.2 Å². The molecule has 4 nitrogen and oxygen atoms in total. The van der Waals surface area contributed by atoms with E-state index in [1.165, 1.54) is 6.07 Å². The lowest BCUT2D eigenvalue weighted by molar-refractivity contribution is -0.123. The lowest BCUT2D eigenvalue weighted by Crippen LogP contribution is -2.27. The quantitative estimate of drug-likeness (QED) is 0.353. The molecule has 1 aliphatic rings. The van der Waals surface area contributed by atoms with Crippen LogP contribution in [0.2, 0.25) is 10.0 Å².